The summed E-state index contributed by atoms with van der Waals surface area (Å²) in [5, 5.41) is 9.66. The van der Waals surface area contributed by atoms with Gasteiger partial charge in [-0.2, -0.15) is 4.98 Å². The molecular weight excluding hydrogens is 226 g/mol. The van der Waals surface area contributed by atoms with Gasteiger partial charge in [-0.15, -0.1) is 11.3 Å². The van der Waals surface area contributed by atoms with E-state index in [9.17, 15) is 9.90 Å². The first kappa shape index (κ1) is 10.8. The van der Waals surface area contributed by atoms with E-state index in [1.54, 1.807) is 11.7 Å². The quantitative estimate of drug-likeness (QED) is 0.849. The number of H-pyrrole nitrogens is 1. The maximum Gasteiger partial charge on any atom is 0.258 e. The van der Waals surface area contributed by atoms with Crippen LogP contribution in [0.25, 0.3) is 10.7 Å². The highest BCUT2D eigenvalue weighted by atomic mass is 32.1. The van der Waals surface area contributed by atoms with Crippen molar-refractivity contribution in [3.05, 3.63) is 27.6 Å². The number of aromatic amines is 1. The van der Waals surface area contributed by atoms with Crippen molar-refractivity contribution in [2.45, 2.75) is 19.8 Å². The van der Waals surface area contributed by atoms with Crippen molar-refractivity contribution < 1.29 is 5.11 Å². The van der Waals surface area contributed by atoms with Crippen molar-refractivity contribution in [1.82, 2.24) is 15.0 Å². The third kappa shape index (κ3) is 1.96. The van der Waals surface area contributed by atoms with Gasteiger partial charge in [0.15, 0.2) is 5.82 Å². The number of hydrogen-bond donors (Lipinski definition) is 2. The maximum absolute atomic E-state index is 11.7. The molecule has 0 fully saturated rings. The molecular formula is C10H11N3O2S. The van der Waals surface area contributed by atoms with Gasteiger partial charge < -0.3 is 10.1 Å². The van der Waals surface area contributed by atoms with Gasteiger partial charge in [-0.3, -0.25) is 9.78 Å². The zero-order chi connectivity index (χ0) is 11.5. The van der Waals surface area contributed by atoms with Crippen LogP contribution >= 0.6 is 11.3 Å². The summed E-state index contributed by atoms with van der Waals surface area (Å²) in [6, 6.07) is 0. The van der Waals surface area contributed by atoms with Crippen LogP contribution in [0.3, 0.4) is 0 Å². The molecule has 0 aromatic carbocycles. The van der Waals surface area contributed by atoms with E-state index in [-0.39, 0.29) is 11.4 Å². The van der Waals surface area contributed by atoms with Crippen molar-refractivity contribution in [3.63, 3.8) is 0 Å². The van der Waals surface area contributed by atoms with Gasteiger partial charge in [0.25, 0.3) is 5.56 Å². The van der Waals surface area contributed by atoms with Crippen LogP contribution in [0.15, 0.2) is 16.5 Å². The number of aromatic nitrogens is 3. The zero-order valence-electron chi connectivity index (χ0n) is 8.73. The maximum atomic E-state index is 11.7. The summed E-state index contributed by atoms with van der Waals surface area (Å²) in [5.41, 5.74) is 1.71. The third-order valence-corrected chi connectivity index (χ3v) is 2.94. The van der Waals surface area contributed by atoms with Crippen LogP contribution < -0.4 is 5.56 Å². The van der Waals surface area contributed by atoms with Crippen LogP contribution in [0.1, 0.15) is 18.9 Å². The first-order chi connectivity index (χ1) is 7.72. The number of nitrogens with one attached hydrogen (secondary N) is 1. The van der Waals surface area contributed by atoms with E-state index >= 15 is 0 Å². The summed E-state index contributed by atoms with van der Waals surface area (Å²) < 4.78 is 0. The Morgan fingerprint density at radius 2 is 2.38 bits per heavy atom. The van der Waals surface area contributed by atoms with E-state index in [0.29, 0.717) is 17.8 Å². The van der Waals surface area contributed by atoms with E-state index in [0.717, 1.165) is 11.3 Å². The Labute approximate surface area is 95.8 Å². The number of aromatic hydroxyl groups is 1. The summed E-state index contributed by atoms with van der Waals surface area (Å²) in [6.07, 6.45) is 2.91. The predicted molar refractivity (Wildman–Crippen MR) is 61.6 cm³/mol. The smallest absolute Gasteiger partial charge is 0.258 e. The molecule has 2 aromatic rings. The summed E-state index contributed by atoms with van der Waals surface area (Å²) in [6.45, 7) is 1.94. The number of thiazole rings is 1. The Bertz CT molecular complexity index is 533. The van der Waals surface area contributed by atoms with E-state index < -0.39 is 0 Å². The largest absolute Gasteiger partial charge is 0.493 e. The van der Waals surface area contributed by atoms with Crippen molar-refractivity contribution in [3.8, 4) is 16.6 Å². The molecule has 0 aliphatic heterocycles. The minimum absolute atomic E-state index is 0.186. The van der Waals surface area contributed by atoms with Gasteiger partial charge in [-0.25, -0.2) is 0 Å². The van der Waals surface area contributed by atoms with Crippen molar-refractivity contribution in [2.24, 2.45) is 0 Å². The van der Waals surface area contributed by atoms with Gasteiger partial charge in [0.05, 0.1) is 16.0 Å². The Balaban J connectivity index is 2.49. The summed E-state index contributed by atoms with van der Waals surface area (Å²) >= 11 is 1.36. The van der Waals surface area contributed by atoms with Crippen LogP contribution in [0.5, 0.6) is 5.88 Å². The fourth-order valence-corrected chi connectivity index (χ4v) is 1.98. The number of nitrogens with zero attached hydrogens (tertiary/aromatic N) is 2. The van der Waals surface area contributed by atoms with Crippen molar-refractivity contribution >= 4 is 11.3 Å². The SMILES string of the molecule is CCCc1c(O)nc(-c2cncs2)[nH]c1=O. The average Bonchev–Trinajstić information content (AvgIpc) is 2.76. The fraction of sp³-hybridized carbons (Fsp3) is 0.300. The van der Waals surface area contributed by atoms with Crippen molar-refractivity contribution in [1.29, 1.82) is 0 Å². The molecule has 2 heterocycles. The molecule has 0 atom stereocenters. The lowest BCUT2D eigenvalue weighted by atomic mass is 10.2. The van der Waals surface area contributed by atoms with Crippen LogP contribution in [0, 0.1) is 0 Å². The Morgan fingerprint density at radius 3 is 2.94 bits per heavy atom. The molecule has 6 heteroatoms. The molecule has 2 aromatic heterocycles. The van der Waals surface area contributed by atoms with Crippen molar-refractivity contribution in [2.75, 3.05) is 0 Å². The lowest BCUT2D eigenvalue weighted by Gasteiger charge is -2.02. The van der Waals surface area contributed by atoms with E-state index in [2.05, 4.69) is 15.0 Å². The molecule has 0 aliphatic carbocycles. The average molecular weight is 237 g/mol. The third-order valence-electron chi connectivity index (χ3n) is 2.16. The first-order valence-electron chi connectivity index (χ1n) is 4.93. The van der Waals surface area contributed by atoms with Gasteiger partial charge in [0, 0.05) is 6.20 Å². The molecule has 0 saturated carbocycles. The van der Waals surface area contributed by atoms with Crippen LogP contribution in [-0.4, -0.2) is 20.1 Å². The molecule has 0 unspecified atom stereocenters. The van der Waals surface area contributed by atoms with Gasteiger partial charge >= 0.3 is 0 Å². The topological polar surface area (TPSA) is 78.9 Å². The molecule has 2 rings (SSSR count). The van der Waals surface area contributed by atoms with Crippen LogP contribution in [-0.2, 0) is 6.42 Å². The van der Waals surface area contributed by atoms with Gasteiger partial charge in [-0.05, 0) is 6.42 Å². The highest BCUT2D eigenvalue weighted by Gasteiger charge is 2.11. The minimum atomic E-state index is -0.280. The normalized spacial score (nSPS) is 10.6. The van der Waals surface area contributed by atoms with E-state index in [1.807, 2.05) is 6.92 Å². The summed E-state index contributed by atoms with van der Waals surface area (Å²) in [5.74, 6) is 0.179. The molecule has 0 aliphatic rings. The fourth-order valence-electron chi connectivity index (χ4n) is 1.41. The Hall–Kier alpha value is -1.69. The summed E-state index contributed by atoms with van der Waals surface area (Å²) in [7, 11) is 0. The monoisotopic (exact) mass is 237 g/mol. The van der Waals surface area contributed by atoms with Gasteiger partial charge in [-0.1, -0.05) is 13.3 Å². The molecule has 0 saturated heterocycles. The molecule has 0 spiro atoms. The second kappa shape index (κ2) is 4.44. The first-order valence-corrected chi connectivity index (χ1v) is 5.81. The van der Waals surface area contributed by atoms with E-state index in [1.165, 1.54) is 11.3 Å². The second-order valence-electron chi connectivity index (χ2n) is 3.33. The zero-order valence-corrected chi connectivity index (χ0v) is 9.54. The summed E-state index contributed by atoms with van der Waals surface area (Å²) in [4.78, 5) is 22.9. The lowest BCUT2D eigenvalue weighted by Crippen LogP contribution is -2.14. The highest BCUT2D eigenvalue weighted by Crippen LogP contribution is 2.21. The highest BCUT2D eigenvalue weighted by molar-refractivity contribution is 7.13. The number of rotatable bonds is 3. The molecule has 2 N–H and O–H groups in total. The van der Waals surface area contributed by atoms with Gasteiger partial charge in [0.2, 0.25) is 5.88 Å². The predicted octanol–water partition coefficient (Wildman–Crippen LogP) is 1.55. The molecule has 5 nitrogen and oxygen atoms in total. The van der Waals surface area contributed by atoms with E-state index in [4.69, 9.17) is 0 Å². The van der Waals surface area contributed by atoms with Gasteiger partial charge in [0.1, 0.15) is 0 Å². The van der Waals surface area contributed by atoms with Crippen LogP contribution in [0.2, 0.25) is 0 Å². The lowest BCUT2D eigenvalue weighted by molar-refractivity contribution is 0.443. The minimum Gasteiger partial charge on any atom is -0.493 e. The molecule has 16 heavy (non-hydrogen) atoms. The molecule has 0 bridgehead atoms. The van der Waals surface area contributed by atoms with Crippen LogP contribution in [0.4, 0.5) is 0 Å². The number of hydrogen-bond acceptors (Lipinski definition) is 5. The molecule has 84 valence electrons. The Kier molecular flexibility index (Phi) is 3.00. The molecule has 0 amide bonds. The standard InChI is InChI=1S/C10H11N3O2S/c1-2-3-6-9(14)12-8(13-10(6)15)7-4-11-5-16-7/h4-5H,2-3H2,1H3,(H2,12,13,14,15). The molecule has 0 radical (unpaired) electrons. The second-order valence-corrected chi connectivity index (χ2v) is 4.22. The Morgan fingerprint density at radius 1 is 1.56 bits per heavy atom.